The van der Waals surface area contributed by atoms with Crippen LogP contribution < -0.4 is 5.73 Å². The highest BCUT2D eigenvalue weighted by Gasteiger charge is 2.14. The van der Waals surface area contributed by atoms with Crippen LogP contribution in [-0.4, -0.2) is 56.9 Å². The highest BCUT2D eigenvalue weighted by Crippen LogP contribution is 2.12. The van der Waals surface area contributed by atoms with E-state index in [1.54, 1.807) is 4.90 Å². The zero-order chi connectivity index (χ0) is 13.2. The first-order valence-corrected chi connectivity index (χ1v) is 6.87. The zero-order valence-corrected chi connectivity index (χ0v) is 11.4. The summed E-state index contributed by atoms with van der Waals surface area (Å²) in [6, 6.07) is 0. The first-order valence-electron chi connectivity index (χ1n) is 6.87. The molecule has 5 heteroatoms. The minimum Gasteiger partial charge on any atom is -0.378 e. The van der Waals surface area contributed by atoms with E-state index in [1.165, 1.54) is 6.42 Å². The van der Waals surface area contributed by atoms with Gasteiger partial charge in [-0.15, -0.1) is 0 Å². The summed E-state index contributed by atoms with van der Waals surface area (Å²) in [6.45, 7) is 3.27. The van der Waals surface area contributed by atoms with Crippen LogP contribution in [0.5, 0.6) is 0 Å². The Kier molecular flexibility index (Phi) is 7.96. The minimum absolute atomic E-state index is 0.119. The monoisotopic (exact) mass is 258 g/mol. The van der Waals surface area contributed by atoms with E-state index in [9.17, 15) is 4.79 Å². The molecular weight excluding hydrogens is 232 g/mol. The molecule has 0 aliphatic carbocycles. The Labute approximate surface area is 110 Å². The molecule has 18 heavy (non-hydrogen) atoms. The van der Waals surface area contributed by atoms with Gasteiger partial charge in [0.1, 0.15) is 0 Å². The maximum atomic E-state index is 11.7. The number of nitrogens with zero attached hydrogens (tertiary/aromatic N) is 1. The van der Waals surface area contributed by atoms with Crippen molar-refractivity contribution < 1.29 is 14.3 Å². The highest BCUT2D eigenvalue weighted by atomic mass is 16.5. The fourth-order valence-electron chi connectivity index (χ4n) is 1.96. The maximum Gasteiger partial charge on any atom is 0.224 e. The largest absolute Gasteiger partial charge is 0.378 e. The molecule has 5 nitrogen and oxygen atoms in total. The van der Waals surface area contributed by atoms with E-state index in [4.69, 9.17) is 15.2 Å². The van der Waals surface area contributed by atoms with Crippen LogP contribution in [0.4, 0.5) is 0 Å². The Hall–Kier alpha value is -0.650. The Morgan fingerprint density at radius 2 is 2.33 bits per heavy atom. The molecule has 1 aliphatic rings. The van der Waals surface area contributed by atoms with Gasteiger partial charge < -0.3 is 20.1 Å². The third-order valence-electron chi connectivity index (χ3n) is 3.16. The number of rotatable bonds is 8. The molecule has 106 valence electrons. The highest BCUT2D eigenvalue weighted by molar-refractivity contribution is 5.75. The molecule has 1 heterocycles. The summed E-state index contributed by atoms with van der Waals surface area (Å²) >= 11 is 0. The number of hydrogen-bond donors (Lipinski definition) is 1. The first-order chi connectivity index (χ1) is 8.74. The van der Waals surface area contributed by atoms with Crippen LogP contribution in [-0.2, 0) is 14.3 Å². The SMILES string of the molecule is CN(CCCN)C(=O)CCOCC1CCCCO1. The summed E-state index contributed by atoms with van der Waals surface area (Å²) in [7, 11) is 1.81. The third-order valence-corrected chi connectivity index (χ3v) is 3.16. The van der Waals surface area contributed by atoms with Gasteiger partial charge in [0.25, 0.3) is 0 Å². The molecule has 0 spiro atoms. The standard InChI is InChI=1S/C13H26N2O3/c1-15(8-4-7-14)13(16)6-10-17-11-12-5-2-3-9-18-12/h12H,2-11,14H2,1H3. The summed E-state index contributed by atoms with van der Waals surface area (Å²) in [5.41, 5.74) is 5.40. The number of nitrogens with two attached hydrogens (primary N) is 1. The molecule has 1 amide bonds. The summed E-state index contributed by atoms with van der Waals surface area (Å²) in [5, 5.41) is 0. The number of hydrogen-bond acceptors (Lipinski definition) is 4. The van der Waals surface area contributed by atoms with E-state index in [2.05, 4.69) is 0 Å². The van der Waals surface area contributed by atoms with E-state index >= 15 is 0 Å². The van der Waals surface area contributed by atoms with Crippen molar-refractivity contribution in [2.24, 2.45) is 5.73 Å². The van der Waals surface area contributed by atoms with E-state index in [-0.39, 0.29) is 12.0 Å². The predicted molar refractivity (Wildman–Crippen MR) is 70.3 cm³/mol. The number of amides is 1. The lowest BCUT2D eigenvalue weighted by Gasteiger charge is -2.22. The topological polar surface area (TPSA) is 64.8 Å². The second-order valence-corrected chi connectivity index (χ2v) is 4.77. The fraction of sp³-hybridized carbons (Fsp3) is 0.923. The van der Waals surface area contributed by atoms with Crippen molar-refractivity contribution in [2.45, 2.75) is 38.2 Å². The molecule has 0 saturated carbocycles. The third kappa shape index (κ3) is 6.33. The van der Waals surface area contributed by atoms with Crippen molar-refractivity contribution in [1.82, 2.24) is 4.90 Å². The van der Waals surface area contributed by atoms with Gasteiger partial charge >= 0.3 is 0 Å². The molecule has 0 aromatic rings. The molecule has 0 aromatic heterocycles. The molecule has 2 N–H and O–H groups in total. The van der Waals surface area contributed by atoms with E-state index in [1.807, 2.05) is 7.05 Å². The molecular formula is C13H26N2O3. The Balaban J connectivity index is 2.00. The lowest BCUT2D eigenvalue weighted by Crippen LogP contribution is -2.30. The van der Waals surface area contributed by atoms with Crippen molar-refractivity contribution >= 4 is 5.91 Å². The Morgan fingerprint density at radius 3 is 3.00 bits per heavy atom. The number of carbonyl (C=O) groups excluding carboxylic acids is 1. The number of ether oxygens (including phenoxy) is 2. The molecule has 1 fully saturated rings. The second kappa shape index (κ2) is 9.30. The molecule has 0 aromatic carbocycles. The van der Waals surface area contributed by atoms with Gasteiger partial charge in [0, 0.05) is 20.2 Å². The molecule has 1 aliphatic heterocycles. The smallest absolute Gasteiger partial charge is 0.224 e. The van der Waals surface area contributed by atoms with Gasteiger partial charge in [0.05, 0.1) is 25.7 Å². The van der Waals surface area contributed by atoms with Crippen LogP contribution in [0.3, 0.4) is 0 Å². The molecule has 0 radical (unpaired) electrons. The average Bonchev–Trinajstić information content (AvgIpc) is 2.41. The predicted octanol–water partition coefficient (Wildman–Crippen LogP) is 0.769. The van der Waals surface area contributed by atoms with E-state index in [0.29, 0.717) is 26.2 Å². The van der Waals surface area contributed by atoms with Gasteiger partial charge in [-0.05, 0) is 32.2 Å². The van der Waals surface area contributed by atoms with Crippen molar-refractivity contribution in [3.63, 3.8) is 0 Å². The van der Waals surface area contributed by atoms with Crippen LogP contribution in [0.2, 0.25) is 0 Å². The lowest BCUT2D eigenvalue weighted by atomic mass is 10.1. The summed E-state index contributed by atoms with van der Waals surface area (Å²) in [5.74, 6) is 0.119. The van der Waals surface area contributed by atoms with Gasteiger partial charge in [0.2, 0.25) is 5.91 Å². The van der Waals surface area contributed by atoms with E-state index < -0.39 is 0 Å². The summed E-state index contributed by atoms with van der Waals surface area (Å²) in [4.78, 5) is 13.4. The van der Waals surface area contributed by atoms with Crippen LogP contribution in [0.25, 0.3) is 0 Å². The fourth-order valence-corrected chi connectivity index (χ4v) is 1.96. The quantitative estimate of drug-likeness (QED) is 0.653. The Morgan fingerprint density at radius 1 is 1.50 bits per heavy atom. The number of carbonyl (C=O) groups is 1. The van der Waals surface area contributed by atoms with Gasteiger partial charge in [-0.25, -0.2) is 0 Å². The average molecular weight is 258 g/mol. The zero-order valence-electron chi connectivity index (χ0n) is 11.4. The van der Waals surface area contributed by atoms with Crippen LogP contribution >= 0.6 is 0 Å². The Bertz CT molecular complexity index is 230. The van der Waals surface area contributed by atoms with Gasteiger partial charge in [-0.2, -0.15) is 0 Å². The second-order valence-electron chi connectivity index (χ2n) is 4.77. The van der Waals surface area contributed by atoms with Crippen molar-refractivity contribution in [1.29, 1.82) is 0 Å². The van der Waals surface area contributed by atoms with Crippen LogP contribution in [0, 0.1) is 0 Å². The van der Waals surface area contributed by atoms with Crippen molar-refractivity contribution in [3.05, 3.63) is 0 Å². The van der Waals surface area contributed by atoms with Gasteiger partial charge in [-0.3, -0.25) is 4.79 Å². The normalized spacial score (nSPS) is 19.8. The first kappa shape index (κ1) is 15.4. The molecule has 1 unspecified atom stereocenters. The van der Waals surface area contributed by atoms with Crippen molar-refractivity contribution in [2.75, 3.05) is 40.0 Å². The van der Waals surface area contributed by atoms with Gasteiger partial charge in [0.15, 0.2) is 0 Å². The maximum absolute atomic E-state index is 11.7. The van der Waals surface area contributed by atoms with Crippen LogP contribution in [0.15, 0.2) is 0 Å². The minimum atomic E-state index is 0.119. The summed E-state index contributed by atoms with van der Waals surface area (Å²) in [6.07, 6.45) is 4.95. The van der Waals surface area contributed by atoms with E-state index in [0.717, 1.165) is 32.4 Å². The van der Waals surface area contributed by atoms with Gasteiger partial charge in [-0.1, -0.05) is 0 Å². The molecule has 1 saturated heterocycles. The molecule has 0 bridgehead atoms. The summed E-state index contributed by atoms with van der Waals surface area (Å²) < 4.78 is 11.1. The molecule has 1 rings (SSSR count). The molecule has 1 atom stereocenters. The van der Waals surface area contributed by atoms with Crippen molar-refractivity contribution in [3.8, 4) is 0 Å². The van der Waals surface area contributed by atoms with Crippen LogP contribution in [0.1, 0.15) is 32.1 Å². The lowest BCUT2D eigenvalue weighted by molar-refractivity contribution is -0.131.